The number of nitrogens with one attached hydrogen (secondary N) is 3. The summed E-state index contributed by atoms with van der Waals surface area (Å²) in [5.41, 5.74) is 1.21. The molecule has 2 aliphatic rings. The van der Waals surface area contributed by atoms with Crippen molar-refractivity contribution < 1.29 is 14.4 Å². The lowest BCUT2D eigenvalue weighted by atomic mass is 10.1. The number of pyridine rings is 1. The zero-order chi connectivity index (χ0) is 16.2. The first kappa shape index (κ1) is 18.2. The van der Waals surface area contributed by atoms with Crippen LogP contribution in [0.2, 0.25) is 0 Å². The second kappa shape index (κ2) is 8.07. The van der Waals surface area contributed by atoms with Crippen molar-refractivity contribution >= 4 is 35.8 Å². The Labute approximate surface area is 145 Å². The quantitative estimate of drug-likeness (QED) is 0.630. The van der Waals surface area contributed by atoms with E-state index in [0.717, 1.165) is 31.9 Å². The fourth-order valence-electron chi connectivity index (χ4n) is 2.73. The predicted molar refractivity (Wildman–Crippen MR) is 90.2 cm³/mol. The highest BCUT2D eigenvalue weighted by Crippen LogP contribution is 2.15. The number of aromatic nitrogens is 1. The van der Waals surface area contributed by atoms with E-state index >= 15 is 0 Å². The Balaban J connectivity index is 0.00000208. The lowest BCUT2D eigenvalue weighted by Crippen LogP contribution is -2.52. The third-order valence-electron chi connectivity index (χ3n) is 4.00. The molecule has 0 saturated carbocycles. The number of rotatable bonds is 3. The van der Waals surface area contributed by atoms with E-state index in [-0.39, 0.29) is 30.4 Å². The van der Waals surface area contributed by atoms with Crippen LogP contribution in [0.5, 0.6) is 0 Å². The SMILES string of the molecule is Cl.O=C1CCC(NC(=O)c2cc(N3CCNCC3)ccn2)C(=O)N1. The van der Waals surface area contributed by atoms with Gasteiger partial charge in [-0.1, -0.05) is 0 Å². The number of hydrogen-bond acceptors (Lipinski definition) is 6. The van der Waals surface area contributed by atoms with Gasteiger partial charge < -0.3 is 15.5 Å². The maximum absolute atomic E-state index is 12.3. The molecule has 3 N–H and O–H groups in total. The molecular weight excluding hydrogens is 334 g/mol. The number of hydrogen-bond donors (Lipinski definition) is 3. The van der Waals surface area contributed by atoms with Gasteiger partial charge in [-0.15, -0.1) is 12.4 Å². The van der Waals surface area contributed by atoms with E-state index in [1.165, 1.54) is 0 Å². The van der Waals surface area contributed by atoms with Gasteiger partial charge in [0.05, 0.1) is 0 Å². The van der Waals surface area contributed by atoms with Gasteiger partial charge >= 0.3 is 0 Å². The Morgan fingerprint density at radius 1 is 1.29 bits per heavy atom. The molecule has 0 spiro atoms. The maximum atomic E-state index is 12.3. The summed E-state index contributed by atoms with van der Waals surface area (Å²) >= 11 is 0. The van der Waals surface area contributed by atoms with Gasteiger partial charge in [0.15, 0.2) is 0 Å². The molecule has 3 rings (SSSR count). The summed E-state index contributed by atoms with van der Waals surface area (Å²) in [6.45, 7) is 3.55. The monoisotopic (exact) mass is 353 g/mol. The molecule has 130 valence electrons. The van der Waals surface area contributed by atoms with Gasteiger partial charge in [0.25, 0.3) is 5.91 Å². The van der Waals surface area contributed by atoms with Crippen molar-refractivity contribution in [2.24, 2.45) is 0 Å². The Bertz CT molecular complexity index is 633. The van der Waals surface area contributed by atoms with Gasteiger partial charge in [-0.2, -0.15) is 0 Å². The smallest absolute Gasteiger partial charge is 0.270 e. The zero-order valence-electron chi connectivity index (χ0n) is 13.1. The number of amides is 3. The summed E-state index contributed by atoms with van der Waals surface area (Å²) in [5, 5.41) is 8.14. The summed E-state index contributed by atoms with van der Waals surface area (Å²) in [6, 6.07) is 2.91. The molecule has 0 aliphatic carbocycles. The average molecular weight is 354 g/mol. The maximum Gasteiger partial charge on any atom is 0.270 e. The molecule has 0 radical (unpaired) electrons. The van der Waals surface area contributed by atoms with Crippen LogP contribution in [0.4, 0.5) is 5.69 Å². The van der Waals surface area contributed by atoms with Gasteiger partial charge in [-0.25, -0.2) is 0 Å². The molecule has 1 unspecified atom stereocenters. The lowest BCUT2D eigenvalue weighted by molar-refractivity contribution is -0.134. The van der Waals surface area contributed by atoms with Crippen LogP contribution in [-0.2, 0) is 9.59 Å². The van der Waals surface area contributed by atoms with Gasteiger partial charge in [0.2, 0.25) is 11.8 Å². The summed E-state index contributed by atoms with van der Waals surface area (Å²) in [7, 11) is 0. The fourth-order valence-corrected chi connectivity index (χ4v) is 2.73. The third-order valence-corrected chi connectivity index (χ3v) is 4.00. The molecule has 0 aromatic carbocycles. The highest BCUT2D eigenvalue weighted by molar-refractivity contribution is 6.03. The van der Waals surface area contributed by atoms with Crippen molar-refractivity contribution in [2.75, 3.05) is 31.1 Å². The van der Waals surface area contributed by atoms with E-state index in [2.05, 4.69) is 25.8 Å². The van der Waals surface area contributed by atoms with Gasteiger partial charge in [0, 0.05) is 44.5 Å². The van der Waals surface area contributed by atoms with Crippen molar-refractivity contribution in [3.8, 4) is 0 Å². The number of piperazine rings is 1. The molecule has 1 atom stereocenters. The number of piperidine rings is 1. The number of carbonyl (C=O) groups is 3. The molecule has 24 heavy (non-hydrogen) atoms. The second-order valence-electron chi connectivity index (χ2n) is 5.61. The van der Waals surface area contributed by atoms with Crippen LogP contribution in [-0.4, -0.2) is 54.9 Å². The van der Waals surface area contributed by atoms with E-state index in [1.54, 1.807) is 12.3 Å². The third kappa shape index (κ3) is 4.21. The predicted octanol–water partition coefficient (Wildman–Crippen LogP) is -0.552. The van der Waals surface area contributed by atoms with E-state index in [9.17, 15) is 14.4 Å². The van der Waals surface area contributed by atoms with Gasteiger partial charge in [-0.05, 0) is 18.6 Å². The number of halogens is 1. The van der Waals surface area contributed by atoms with Crippen LogP contribution in [0, 0.1) is 0 Å². The summed E-state index contributed by atoms with van der Waals surface area (Å²) in [4.78, 5) is 41.4. The summed E-state index contributed by atoms with van der Waals surface area (Å²) < 4.78 is 0. The van der Waals surface area contributed by atoms with Crippen molar-refractivity contribution in [2.45, 2.75) is 18.9 Å². The van der Waals surface area contributed by atoms with Gasteiger partial charge in [-0.3, -0.25) is 24.7 Å². The van der Waals surface area contributed by atoms with Crippen LogP contribution < -0.4 is 20.9 Å². The lowest BCUT2D eigenvalue weighted by Gasteiger charge is -2.29. The minimum Gasteiger partial charge on any atom is -0.369 e. The number of carbonyl (C=O) groups excluding carboxylic acids is 3. The number of imide groups is 1. The van der Waals surface area contributed by atoms with Crippen LogP contribution in [0.15, 0.2) is 18.3 Å². The Morgan fingerprint density at radius 2 is 2.04 bits per heavy atom. The Hall–Kier alpha value is -2.19. The van der Waals surface area contributed by atoms with Crippen molar-refractivity contribution in [1.82, 2.24) is 20.9 Å². The molecule has 1 aromatic heterocycles. The Kier molecular flexibility index (Phi) is 6.10. The first-order valence-electron chi connectivity index (χ1n) is 7.70. The highest BCUT2D eigenvalue weighted by atomic mass is 35.5. The van der Waals surface area contributed by atoms with E-state index in [1.807, 2.05) is 6.07 Å². The molecular formula is C15H20ClN5O3. The normalized spacial score (nSPS) is 20.8. The minimum absolute atomic E-state index is 0. The van der Waals surface area contributed by atoms with E-state index < -0.39 is 17.9 Å². The largest absolute Gasteiger partial charge is 0.369 e. The molecule has 2 saturated heterocycles. The fraction of sp³-hybridized carbons (Fsp3) is 0.467. The van der Waals surface area contributed by atoms with E-state index in [4.69, 9.17) is 0 Å². The van der Waals surface area contributed by atoms with Crippen LogP contribution in [0.3, 0.4) is 0 Å². The first-order valence-corrected chi connectivity index (χ1v) is 7.70. The first-order chi connectivity index (χ1) is 11.1. The minimum atomic E-state index is -0.690. The molecule has 2 aliphatic heterocycles. The van der Waals surface area contributed by atoms with Crippen LogP contribution in [0.25, 0.3) is 0 Å². The van der Waals surface area contributed by atoms with Crippen molar-refractivity contribution in [3.05, 3.63) is 24.0 Å². The Morgan fingerprint density at radius 3 is 2.75 bits per heavy atom. The summed E-state index contributed by atoms with van der Waals surface area (Å²) in [6.07, 6.45) is 2.13. The molecule has 9 heteroatoms. The second-order valence-corrected chi connectivity index (χ2v) is 5.61. The average Bonchev–Trinajstić information content (AvgIpc) is 2.58. The molecule has 2 fully saturated rings. The molecule has 1 aromatic rings. The molecule has 3 heterocycles. The zero-order valence-corrected chi connectivity index (χ0v) is 13.9. The topological polar surface area (TPSA) is 103 Å². The van der Waals surface area contributed by atoms with Crippen LogP contribution >= 0.6 is 12.4 Å². The molecule has 3 amide bonds. The number of nitrogens with zero attached hydrogens (tertiary/aromatic N) is 2. The van der Waals surface area contributed by atoms with Crippen molar-refractivity contribution in [1.29, 1.82) is 0 Å². The van der Waals surface area contributed by atoms with Crippen LogP contribution in [0.1, 0.15) is 23.3 Å². The number of anilines is 1. The van der Waals surface area contributed by atoms with Gasteiger partial charge in [0.1, 0.15) is 11.7 Å². The van der Waals surface area contributed by atoms with E-state index in [0.29, 0.717) is 6.42 Å². The molecule has 0 bridgehead atoms. The standard InChI is InChI=1S/C15H19N5O3.ClH/c21-13-2-1-11(14(22)19-13)18-15(23)12-9-10(3-4-17-12)20-7-5-16-6-8-20;/h3-4,9,11,16H,1-2,5-8H2,(H,18,23)(H,19,21,22);1H. The summed E-state index contributed by atoms with van der Waals surface area (Å²) in [5.74, 6) is -1.18. The van der Waals surface area contributed by atoms with Crippen molar-refractivity contribution in [3.63, 3.8) is 0 Å². The highest BCUT2D eigenvalue weighted by Gasteiger charge is 2.28. The molecule has 8 nitrogen and oxygen atoms in total.